The molecule has 27 heavy (non-hydrogen) atoms. The highest BCUT2D eigenvalue weighted by Gasteiger charge is 2.28. The predicted molar refractivity (Wildman–Crippen MR) is 108 cm³/mol. The van der Waals surface area contributed by atoms with E-state index < -0.39 is 0 Å². The van der Waals surface area contributed by atoms with Crippen LogP contribution in [0.25, 0.3) is 16.9 Å². The summed E-state index contributed by atoms with van der Waals surface area (Å²) in [5.74, 6) is 3.48. The van der Waals surface area contributed by atoms with Crippen LogP contribution in [-0.4, -0.2) is 19.6 Å². The number of hydrogen-bond donors (Lipinski definition) is 1. The van der Waals surface area contributed by atoms with Crippen molar-refractivity contribution < 1.29 is 0 Å². The fourth-order valence-corrected chi connectivity index (χ4v) is 4.38. The summed E-state index contributed by atoms with van der Waals surface area (Å²) >= 11 is 0. The summed E-state index contributed by atoms with van der Waals surface area (Å²) in [5, 5.41) is 4.80. The Labute approximate surface area is 159 Å². The first-order chi connectivity index (χ1) is 13.1. The Bertz CT molecular complexity index is 979. The lowest BCUT2D eigenvalue weighted by Gasteiger charge is -2.30. The molecule has 2 aromatic heterocycles. The highest BCUT2D eigenvalue weighted by Crippen LogP contribution is 2.38. The molecule has 2 heterocycles. The zero-order valence-corrected chi connectivity index (χ0v) is 16.4. The summed E-state index contributed by atoms with van der Waals surface area (Å²) in [6, 6.07) is 9.81. The number of aromatic amines is 1. The maximum absolute atomic E-state index is 12.8. The number of H-pyrrole nitrogens is 1. The van der Waals surface area contributed by atoms with Gasteiger partial charge in [-0.15, -0.1) is 5.10 Å². The van der Waals surface area contributed by atoms with Gasteiger partial charge in [0.1, 0.15) is 5.82 Å². The van der Waals surface area contributed by atoms with Gasteiger partial charge in [0.05, 0.1) is 5.69 Å². The lowest BCUT2D eigenvalue weighted by molar-refractivity contribution is 0.253. The molecule has 0 unspecified atom stereocenters. The molecular weight excluding hydrogens is 336 g/mol. The van der Waals surface area contributed by atoms with E-state index in [4.69, 9.17) is 10.1 Å². The number of benzene rings is 1. The smallest absolute Gasteiger partial charge is 0.277 e. The van der Waals surface area contributed by atoms with Crippen molar-refractivity contribution >= 4 is 5.52 Å². The largest absolute Gasteiger partial charge is 0.303 e. The van der Waals surface area contributed by atoms with Crippen molar-refractivity contribution in [3.8, 4) is 11.4 Å². The molecule has 142 valence electrons. The number of hydrogen-bond acceptors (Lipinski definition) is 3. The van der Waals surface area contributed by atoms with Gasteiger partial charge in [-0.05, 0) is 43.9 Å². The molecule has 5 heteroatoms. The highest BCUT2D eigenvalue weighted by atomic mass is 16.1. The minimum atomic E-state index is -0.102. The van der Waals surface area contributed by atoms with E-state index in [-0.39, 0.29) is 5.56 Å². The maximum atomic E-state index is 12.8. The molecule has 4 rings (SSSR count). The van der Waals surface area contributed by atoms with Crippen LogP contribution in [0.15, 0.2) is 35.1 Å². The Morgan fingerprint density at radius 1 is 1.15 bits per heavy atom. The third-order valence-electron chi connectivity index (χ3n) is 6.06. The van der Waals surface area contributed by atoms with E-state index in [0.29, 0.717) is 17.3 Å². The van der Waals surface area contributed by atoms with E-state index in [0.717, 1.165) is 48.2 Å². The Morgan fingerprint density at radius 2 is 1.85 bits per heavy atom. The summed E-state index contributed by atoms with van der Waals surface area (Å²) in [7, 11) is 0. The second-order valence-corrected chi connectivity index (χ2v) is 8.06. The summed E-state index contributed by atoms with van der Waals surface area (Å²) in [6.07, 6.45) is 5.45. The molecule has 0 amide bonds. The van der Waals surface area contributed by atoms with Gasteiger partial charge in [0.2, 0.25) is 0 Å². The topological polar surface area (TPSA) is 63.1 Å². The maximum Gasteiger partial charge on any atom is 0.277 e. The Morgan fingerprint density at radius 3 is 2.48 bits per heavy atom. The van der Waals surface area contributed by atoms with Crippen LogP contribution in [-0.2, 0) is 6.42 Å². The molecule has 1 saturated carbocycles. The van der Waals surface area contributed by atoms with Crippen molar-refractivity contribution in [1.82, 2.24) is 19.6 Å². The van der Waals surface area contributed by atoms with Crippen LogP contribution in [0, 0.1) is 11.8 Å². The van der Waals surface area contributed by atoms with Gasteiger partial charge >= 0.3 is 0 Å². The number of fused-ring (bicyclic) bond motifs is 1. The van der Waals surface area contributed by atoms with Crippen LogP contribution in [0.3, 0.4) is 0 Å². The average molecular weight is 364 g/mol. The first-order valence-electron chi connectivity index (χ1n) is 10.2. The Kier molecular flexibility index (Phi) is 4.85. The normalized spacial score (nSPS) is 20.4. The van der Waals surface area contributed by atoms with Crippen molar-refractivity contribution in [2.24, 2.45) is 11.8 Å². The third-order valence-corrected chi connectivity index (χ3v) is 6.06. The molecule has 0 bridgehead atoms. The molecule has 3 aromatic rings. The highest BCUT2D eigenvalue weighted by molar-refractivity contribution is 5.58. The second kappa shape index (κ2) is 7.29. The molecule has 0 saturated heterocycles. The van der Waals surface area contributed by atoms with E-state index >= 15 is 0 Å². The summed E-state index contributed by atoms with van der Waals surface area (Å²) < 4.78 is 1.83. The zero-order chi connectivity index (χ0) is 19.0. The Hall–Kier alpha value is -2.43. The van der Waals surface area contributed by atoms with E-state index in [1.165, 1.54) is 12.8 Å². The lowest BCUT2D eigenvalue weighted by atomic mass is 9.77. The first-order valence-corrected chi connectivity index (χ1v) is 10.2. The molecule has 0 aliphatic heterocycles. The summed E-state index contributed by atoms with van der Waals surface area (Å²) in [4.78, 5) is 20.7. The molecule has 0 atom stereocenters. The number of nitrogens with zero attached hydrogens (tertiary/aromatic N) is 3. The number of aromatic nitrogens is 4. The van der Waals surface area contributed by atoms with Gasteiger partial charge in [0.15, 0.2) is 11.3 Å². The zero-order valence-electron chi connectivity index (χ0n) is 16.4. The van der Waals surface area contributed by atoms with Gasteiger partial charge < -0.3 is 4.98 Å². The van der Waals surface area contributed by atoms with E-state index in [2.05, 4.69) is 18.8 Å². The molecule has 1 fully saturated rings. The molecule has 1 aliphatic carbocycles. The molecule has 1 aromatic carbocycles. The van der Waals surface area contributed by atoms with Crippen molar-refractivity contribution in [3.05, 3.63) is 52.2 Å². The fourth-order valence-electron chi connectivity index (χ4n) is 4.38. The molecule has 1 N–H and O–H groups in total. The van der Waals surface area contributed by atoms with Crippen LogP contribution in [0.2, 0.25) is 0 Å². The van der Waals surface area contributed by atoms with Crippen LogP contribution in [0.5, 0.6) is 0 Å². The SMILES string of the molecule is CCc1nc(C2CCC(C(C)C)CC2)n2nc(-c3ccccc3)[nH]c(=O)c12. The lowest BCUT2D eigenvalue weighted by Crippen LogP contribution is -2.21. The van der Waals surface area contributed by atoms with Crippen molar-refractivity contribution in [3.63, 3.8) is 0 Å². The standard InChI is InChI=1S/C22H28N4O/c1-4-18-19-22(27)24-20(16-8-6-5-7-9-16)25-26(19)21(23-18)17-12-10-15(11-13-17)14(2)3/h5-9,14-15,17H,4,10-13H2,1-3H3,(H,24,25,27). The van der Waals surface area contributed by atoms with E-state index in [9.17, 15) is 4.79 Å². The van der Waals surface area contributed by atoms with Crippen molar-refractivity contribution in [2.45, 2.75) is 58.8 Å². The van der Waals surface area contributed by atoms with Crippen molar-refractivity contribution in [2.75, 3.05) is 0 Å². The van der Waals surface area contributed by atoms with E-state index in [1.54, 1.807) is 0 Å². The molecule has 0 radical (unpaired) electrons. The second-order valence-electron chi connectivity index (χ2n) is 8.06. The van der Waals surface area contributed by atoms with Gasteiger partial charge in [-0.25, -0.2) is 9.50 Å². The van der Waals surface area contributed by atoms with Crippen LogP contribution < -0.4 is 5.56 Å². The minimum absolute atomic E-state index is 0.102. The average Bonchev–Trinajstić information content (AvgIpc) is 3.08. The molecule has 1 aliphatic rings. The van der Waals surface area contributed by atoms with Gasteiger partial charge in [-0.1, -0.05) is 51.1 Å². The van der Waals surface area contributed by atoms with E-state index in [1.807, 2.05) is 41.8 Å². The van der Waals surface area contributed by atoms with Crippen molar-refractivity contribution in [1.29, 1.82) is 0 Å². The monoisotopic (exact) mass is 364 g/mol. The fraction of sp³-hybridized carbons (Fsp3) is 0.500. The molecule has 0 spiro atoms. The number of nitrogens with one attached hydrogen (secondary N) is 1. The summed E-state index contributed by atoms with van der Waals surface area (Å²) in [5.41, 5.74) is 2.27. The summed E-state index contributed by atoms with van der Waals surface area (Å²) in [6.45, 7) is 6.68. The van der Waals surface area contributed by atoms with Gasteiger partial charge in [-0.3, -0.25) is 4.79 Å². The number of aryl methyl sites for hydroxylation is 1. The van der Waals surface area contributed by atoms with Crippen LogP contribution in [0.1, 0.15) is 63.9 Å². The van der Waals surface area contributed by atoms with Crippen LogP contribution in [0.4, 0.5) is 0 Å². The quantitative estimate of drug-likeness (QED) is 0.737. The minimum Gasteiger partial charge on any atom is -0.303 e. The first kappa shape index (κ1) is 18.0. The van der Waals surface area contributed by atoms with Gasteiger partial charge in [0, 0.05) is 11.5 Å². The van der Waals surface area contributed by atoms with Gasteiger partial charge in [-0.2, -0.15) is 0 Å². The molecule has 5 nitrogen and oxygen atoms in total. The molecular formula is C22H28N4O. The third kappa shape index (κ3) is 3.31. The number of imidazole rings is 1. The van der Waals surface area contributed by atoms with Gasteiger partial charge in [0.25, 0.3) is 5.56 Å². The predicted octanol–water partition coefficient (Wildman–Crippen LogP) is 4.58. The van der Waals surface area contributed by atoms with Crippen LogP contribution >= 0.6 is 0 Å². The Balaban J connectivity index is 1.79. The number of rotatable bonds is 4.